The Morgan fingerprint density at radius 1 is 1.42 bits per heavy atom. The van der Waals surface area contributed by atoms with E-state index in [0.717, 1.165) is 0 Å². The highest BCUT2D eigenvalue weighted by Gasteiger charge is 2.27. The molecular weight excluding hydrogens is 154 g/mol. The molecule has 0 radical (unpaired) electrons. The van der Waals surface area contributed by atoms with E-state index in [1.807, 2.05) is 0 Å². The molecule has 3 heteroatoms. The molecule has 0 fully saturated rings. The molecule has 1 aromatic carbocycles. The number of ether oxygens (including phenoxy) is 1. The number of nitrogens with zero attached hydrogens (tertiary/aromatic N) is 1. The average molecular weight is 163 g/mol. The Labute approximate surface area is 70.8 Å². The third-order valence-corrected chi connectivity index (χ3v) is 1.61. The van der Waals surface area contributed by atoms with Crippen molar-refractivity contribution in [2.24, 2.45) is 0 Å². The molecule has 0 heterocycles. The molecule has 0 spiro atoms. The van der Waals surface area contributed by atoms with Crippen molar-refractivity contribution in [2.45, 2.75) is 5.79 Å². The summed E-state index contributed by atoms with van der Waals surface area (Å²) in [5.74, 6) is -1.82. The van der Waals surface area contributed by atoms with Gasteiger partial charge in [0.25, 0.3) is 5.79 Å². The van der Waals surface area contributed by atoms with E-state index in [2.05, 4.69) is 4.74 Å². The lowest BCUT2D eigenvalue weighted by Crippen LogP contribution is -2.25. The number of nitriles is 1. The van der Waals surface area contributed by atoms with E-state index in [4.69, 9.17) is 5.26 Å². The van der Waals surface area contributed by atoms with Gasteiger partial charge in [0.1, 0.15) is 6.07 Å². The molecular formula is C9H9NO2. The highest BCUT2D eigenvalue weighted by Crippen LogP contribution is 2.19. The van der Waals surface area contributed by atoms with Gasteiger partial charge < -0.3 is 9.84 Å². The number of hydrogen-bond donors (Lipinski definition) is 1. The zero-order valence-electron chi connectivity index (χ0n) is 6.69. The van der Waals surface area contributed by atoms with Gasteiger partial charge in [-0.1, -0.05) is 30.3 Å². The molecule has 3 nitrogen and oxygen atoms in total. The van der Waals surface area contributed by atoms with Gasteiger partial charge in [0, 0.05) is 12.7 Å². The van der Waals surface area contributed by atoms with Crippen LogP contribution in [0.3, 0.4) is 0 Å². The second-order valence-corrected chi connectivity index (χ2v) is 2.33. The number of rotatable bonds is 2. The first kappa shape index (κ1) is 8.72. The molecule has 0 saturated carbocycles. The summed E-state index contributed by atoms with van der Waals surface area (Å²) in [7, 11) is 1.29. The van der Waals surface area contributed by atoms with Gasteiger partial charge in [0.05, 0.1) is 0 Å². The van der Waals surface area contributed by atoms with Gasteiger partial charge in [0.15, 0.2) is 0 Å². The number of methoxy groups -OCH3 is 1. The molecule has 0 saturated heterocycles. The van der Waals surface area contributed by atoms with Crippen LogP contribution in [0, 0.1) is 11.3 Å². The monoisotopic (exact) mass is 163 g/mol. The summed E-state index contributed by atoms with van der Waals surface area (Å²) in [5, 5.41) is 18.1. The van der Waals surface area contributed by atoms with Crippen molar-refractivity contribution >= 4 is 0 Å². The molecule has 0 bridgehead atoms. The van der Waals surface area contributed by atoms with E-state index in [9.17, 15) is 5.11 Å². The SMILES string of the molecule is COC(O)(C#N)c1ccccc1. The quantitative estimate of drug-likeness (QED) is 0.522. The van der Waals surface area contributed by atoms with Crippen LogP contribution in [0.5, 0.6) is 0 Å². The van der Waals surface area contributed by atoms with Crippen molar-refractivity contribution < 1.29 is 9.84 Å². The summed E-state index contributed by atoms with van der Waals surface area (Å²) in [6, 6.07) is 10.2. The van der Waals surface area contributed by atoms with E-state index in [0.29, 0.717) is 5.56 Å². The lowest BCUT2D eigenvalue weighted by molar-refractivity contribution is -0.146. The van der Waals surface area contributed by atoms with Crippen LogP contribution >= 0.6 is 0 Å². The van der Waals surface area contributed by atoms with Gasteiger partial charge >= 0.3 is 0 Å². The smallest absolute Gasteiger partial charge is 0.284 e. The lowest BCUT2D eigenvalue weighted by atomic mass is 10.1. The average Bonchev–Trinajstić information content (AvgIpc) is 2.18. The van der Waals surface area contributed by atoms with Crippen molar-refractivity contribution in [1.29, 1.82) is 5.26 Å². The molecule has 1 atom stereocenters. The number of hydrogen-bond acceptors (Lipinski definition) is 3. The first-order valence-corrected chi connectivity index (χ1v) is 3.47. The Morgan fingerprint density at radius 3 is 2.42 bits per heavy atom. The largest absolute Gasteiger partial charge is 0.350 e. The second kappa shape index (κ2) is 3.35. The third-order valence-electron chi connectivity index (χ3n) is 1.61. The van der Waals surface area contributed by atoms with E-state index in [-0.39, 0.29) is 0 Å². The van der Waals surface area contributed by atoms with Gasteiger partial charge in [-0.2, -0.15) is 5.26 Å². The van der Waals surface area contributed by atoms with Gasteiger partial charge in [-0.25, -0.2) is 0 Å². The number of benzene rings is 1. The Hall–Kier alpha value is -1.37. The maximum absolute atomic E-state index is 9.52. The molecule has 1 aromatic rings. The zero-order chi connectivity index (χ0) is 9.03. The molecule has 0 amide bonds. The van der Waals surface area contributed by atoms with Crippen molar-refractivity contribution in [2.75, 3.05) is 7.11 Å². The Morgan fingerprint density at radius 2 is 2.00 bits per heavy atom. The second-order valence-electron chi connectivity index (χ2n) is 2.33. The maximum Gasteiger partial charge on any atom is 0.284 e. The summed E-state index contributed by atoms with van der Waals surface area (Å²) in [6.45, 7) is 0. The minimum absolute atomic E-state index is 0.440. The molecule has 0 aliphatic carbocycles. The van der Waals surface area contributed by atoms with Crippen LogP contribution in [0.4, 0.5) is 0 Å². The van der Waals surface area contributed by atoms with Crippen molar-refractivity contribution in [3.63, 3.8) is 0 Å². The van der Waals surface area contributed by atoms with E-state index in [1.54, 1.807) is 36.4 Å². The molecule has 12 heavy (non-hydrogen) atoms. The van der Waals surface area contributed by atoms with Gasteiger partial charge in [0.2, 0.25) is 0 Å². The zero-order valence-corrected chi connectivity index (χ0v) is 6.69. The topological polar surface area (TPSA) is 53.2 Å². The van der Waals surface area contributed by atoms with Crippen LogP contribution in [-0.2, 0) is 10.5 Å². The Balaban J connectivity index is 3.06. The fraction of sp³-hybridized carbons (Fsp3) is 0.222. The van der Waals surface area contributed by atoms with Crippen molar-refractivity contribution in [1.82, 2.24) is 0 Å². The van der Waals surface area contributed by atoms with E-state index in [1.165, 1.54) is 7.11 Å². The van der Waals surface area contributed by atoms with E-state index >= 15 is 0 Å². The lowest BCUT2D eigenvalue weighted by Gasteiger charge is -2.17. The standard InChI is InChI=1S/C9H9NO2/c1-12-9(11,7-10)8-5-3-2-4-6-8/h2-6,11H,1H3. The van der Waals surface area contributed by atoms with Gasteiger partial charge in [-0.05, 0) is 0 Å². The predicted molar refractivity (Wildman–Crippen MR) is 43.0 cm³/mol. The van der Waals surface area contributed by atoms with Crippen LogP contribution in [0.1, 0.15) is 5.56 Å². The first-order valence-electron chi connectivity index (χ1n) is 3.47. The first-order chi connectivity index (χ1) is 5.73. The molecule has 1 rings (SSSR count). The fourth-order valence-corrected chi connectivity index (χ4v) is 0.892. The van der Waals surface area contributed by atoms with Gasteiger partial charge in [-0.15, -0.1) is 0 Å². The van der Waals surface area contributed by atoms with Crippen LogP contribution in [0.2, 0.25) is 0 Å². The van der Waals surface area contributed by atoms with Crippen molar-refractivity contribution in [3.05, 3.63) is 35.9 Å². The fourth-order valence-electron chi connectivity index (χ4n) is 0.892. The van der Waals surface area contributed by atoms with Crippen LogP contribution < -0.4 is 0 Å². The predicted octanol–water partition coefficient (Wildman–Crippen LogP) is 1.00. The summed E-state index contributed by atoms with van der Waals surface area (Å²) >= 11 is 0. The molecule has 1 unspecified atom stereocenters. The Bertz CT molecular complexity index is 291. The Kier molecular flexibility index (Phi) is 2.44. The van der Waals surface area contributed by atoms with Crippen LogP contribution in [0.15, 0.2) is 30.3 Å². The summed E-state index contributed by atoms with van der Waals surface area (Å²) < 4.78 is 4.67. The molecule has 0 aliphatic rings. The molecule has 62 valence electrons. The van der Waals surface area contributed by atoms with Gasteiger partial charge in [-0.3, -0.25) is 0 Å². The minimum Gasteiger partial charge on any atom is -0.350 e. The molecule has 0 aliphatic heterocycles. The minimum atomic E-state index is -1.82. The maximum atomic E-state index is 9.52. The van der Waals surface area contributed by atoms with Crippen molar-refractivity contribution in [3.8, 4) is 6.07 Å². The highest BCUT2D eigenvalue weighted by molar-refractivity contribution is 5.25. The number of aliphatic hydroxyl groups is 1. The van der Waals surface area contributed by atoms with Crippen LogP contribution in [0.25, 0.3) is 0 Å². The summed E-state index contributed by atoms with van der Waals surface area (Å²) in [6.07, 6.45) is 0. The summed E-state index contributed by atoms with van der Waals surface area (Å²) in [5.41, 5.74) is 0.440. The molecule has 0 aromatic heterocycles. The molecule has 1 N–H and O–H groups in total. The highest BCUT2D eigenvalue weighted by atomic mass is 16.6. The van der Waals surface area contributed by atoms with Crippen LogP contribution in [-0.4, -0.2) is 12.2 Å². The van der Waals surface area contributed by atoms with E-state index < -0.39 is 5.79 Å². The summed E-state index contributed by atoms with van der Waals surface area (Å²) in [4.78, 5) is 0. The third kappa shape index (κ3) is 1.45. The normalized spacial score (nSPS) is 14.8.